The van der Waals surface area contributed by atoms with Crippen LogP contribution in [0.2, 0.25) is 0 Å². The zero-order valence-electron chi connectivity index (χ0n) is 13.2. The minimum Gasteiger partial charge on any atom is -0.444 e. The quantitative estimate of drug-likeness (QED) is 0.836. The number of likely N-dealkylation sites (tertiary alicyclic amines) is 1. The molecule has 1 saturated heterocycles. The zero-order chi connectivity index (χ0) is 16.3. The molecule has 1 aromatic carbocycles. The van der Waals surface area contributed by atoms with E-state index in [4.69, 9.17) is 4.74 Å². The van der Waals surface area contributed by atoms with Crippen molar-refractivity contribution < 1.29 is 13.9 Å². The van der Waals surface area contributed by atoms with Gasteiger partial charge >= 0.3 is 6.09 Å². The van der Waals surface area contributed by atoms with Crippen molar-refractivity contribution in [1.82, 2.24) is 4.90 Å². The average Bonchev–Trinajstić information content (AvgIpc) is 2.41. The van der Waals surface area contributed by atoms with Gasteiger partial charge < -0.3 is 15.0 Å². The van der Waals surface area contributed by atoms with Crippen molar-refractivity contribution in [1.29, 1.82) is 0 Å². The SMILES string of the molecule is CC(C)(C)OC(=O)N1CCC(Nc2ccc(Br)cc2F)CC1. The highest BCUT2D eigenvalue weighted by molar-refractivity contribution is 9.10. The predicted molar refractivity (Wildman–Crippen MR) is 88.6 cm³/mol. The summed E-state index contributed by atoms with van der Waals surface area (Å²) in [6.07, 6.45) is 1.27. The molecule has 6 heteroatoms. The standard InChI is InChI=1S/C16H22BrFN2O2/c1-16(2,3)22-15(21)20-8-6-12(7-9-20)19-14-5-4-11(17)10-13(14)18/h4-5,10,12,19H,6-9H2,1-3H3. The number of benzene rings is 1. The summed E-state index contributed by atoms with van der Waals surface area (Å²) in [5.41, 5.74) is 0.0196. The maximum atomic E-state index is 13.8. The van der Waals surface area contributed by atoms with Crippen LogP contribution in [0.25, 0.3) is 0 Å². The van der Waals surface area contributed by atoms with Crippen LogP contribution >= 0.6 is 15.9 Å². The Kier molecular flexibility index (Phi) is 5.32. The third-order valence-electron chi connectivity index (χ3n) is 3.44. The number of amides is 1. The van der Waals surface area contributed by atoms with Gasteiger partial charge in [0, 0.05) is 23.6 Å². The molecule has 1 N–H and O–H groups in total. The van der Waals surface area contributed by atoms with Crippen molar-refractivity contribution in [3.63, 3.8) is 0 Å². The van der Waals surface area contributed by atoms with Crippen LogP contribution < -0.4 is 5.32 Å². The lowest BCUT2D eigenvalue weighted by molar-refractivity contribution is 0.0210. The molecule has 0 bridgehead atoms. The topological polar surface area (TPSA) is 41.6 Å². The first-order valence-corrected chi connectivity index (χ1v) is 8.23. The second-order valence-electron chi connectivity index (χ2n) is 6.51. The summed E-state index contributed by atoms with van der Waals surface area (Å²) in [7, 11) is 0. The number of piperidine rings is 1. The number of halogens is 2. The third-order valence-corrected chi connectivity index (χ3v) is 3.93. The molecule has 122 valence electrons. The van der Waals surface area contributed by atoms with E-state index >= 15 is 0 Å². The van der Waals surface area contributed by atoms with Crippen LogP contribution in [0.3, 0.4) is 0 Å². The summed E-state index contributed by atoms with van der Waals surface area (Å²) in [5.74, 6) is -0.274. The van der Waals surface area contributed by atoms with Gasteiger partial charge in [0.1, 0.15) is 11.4 Å². The van der Waals surface area contributed by atoms with Gasteiger partial charge in [0.15, 0.2) is 0 Å². The molecule has 1 heterocycles. The van der Waals surface area contributed by atoms with Gasteiger partial charge in [0.25, 0.3) is 0 Å². The van der Waals surface area contributed by atoms with Crippen LogP contribution in [-0.2, 0) is 4.74 Å². The highest BCUT2D eigenvalue weighted by Gasteiger charge is 2.27. The number of rotatable bonds is 2. The summed E-state index contributed by atoms with van der Waals surface area (Å²) in [6, 6.07) is 5.13. The van der Waals surface area contributed by atoms with Crippen LogP contribution in [0, 0.1) is 5.82 Å². The summed E-state index contributed by atoms with van der Waals surface area (Å²) in [5, 5.41) is 3.21. The lowest BCUT2D eigenvalue weighted by Crippen LogP contribution is -2.44. The molecule has 0 aliphatic carbocycles. The first-order valence-electron chi connectivity index (χ1n) is 7.44. The fourth-order valence-corrected chi connectivity index (χ4v) is 2.69. The van der Waals surface area contributed by atoms with Gasteiger partial charge in [-0.2, -0.15) is 0 Å². The van der Waals surface area contributed by atoms with E-state index in [9.17, 15) is 9.18 Å². The molecule has 1 aliphatic rings. The van der Waals surface area contributed by atoms with E-state index in [0.717, 1.165) is 17.3 Å². The molecule has 1 aliphatic heterocycles. The number of carbonyl (C=O) groups excluding carboxylic acids is 1. The largest absolute Gasteiger partial charge is 0.444 e. The lowest BCUT2D eigenvalue weighted by Gasteiger charge is -2.34. The molecule has 0 spiro atoms. The number of carbonyl (C=O) groups is 1. The van der Waals surface area contributed by atoms with Crippen LogP contribution in [0.5, 0.6) is 0 Å². The van der Waals surface area contributed by atoms with Crippen LogP contribution in [0.1, 0.15) is 33.6 Å². The van der Waals surface area contributed by atoms with E-state index in [1.54, 1.807) is 17.0 Å². The third kappa shape index (κ3) is 4.87. The highest BCUT2D eigenvalue weighted by Crippen LogP contribution is 2.23. The molecule has 4 nitrogen and oxygen atoms in total. The van der Waals surface area contributed by atoms with Gasteiger partial charge in [-0.05, 0) is 51.8 Å². The first-order chi connectivity index (χ1) is 10.2. The Balaban J connectivity index is 1.86. The van der Waals surface area contributed by atoms with E-state index in [-0.39, 0.29) is 18.0 Å². The van der Waals surface area contributed by atoms with Crippen molar-refractivity contribution in [2.45, 2.75) is 45.3 Å². The molecule has 1 aromatic rings. The van der Waals surface area contributed by atoms with Gasteiger partial charge in [-0.15, -0.1) is 0 Å². The monoisotopic (exact) mass is 372 g/mol. The number of hydrogen-bond acceptors (Lipinski definition) is 3. The summed E-state index contributed by atoms with van der Waals surface area (Å²) < 4.78 is 19.9. The van der Waals surface area contributed by atoms with Crippen LogP contribution in [0.4, 0.5) is 14.9 Å². The van der Waals surface area contributed by atoms with Crippen LogP contribution in [-0.4, -0.2) is 35.7 Å². The number of anilines is 1. The maximum absolute atomic E-state index is 13.8. The summed E-state index contributed by atoms with van der Waals surface area (Å²) in [4.78, 5) is 13.7. The Morgan fingerprint density at radius 1 is 1.36 bits per heavy atom. The molecule has 0 aromatic heterocycles. The van der Waals surface area contributed by atoms with Crippen molar-refractivity contribution in [3.05, 3.63) is 28.5 Å². The minimum atomic E-state index is -0.479. The van der Waals surface area contributed by atoms with Crippen LogP contribution in [0.15, 0.2) is 22.7 Å². The summed E-state index contributed by atoms with van der Waals surface area (Å²) >= 11 is 3.24. The van der Waals surface area contributed by atoms with Gasteiger partial charge in [0.2, 0.25) is 0 Å². The molecule has 0 saturated carbocycles. The molecular formula is C16H22BrFN2O2. The average molecular weight is 373 g/mol. The van der Waals surface area contributed by atoms with Crippen molar-refractivity contribution in [2.24, 2.45) is 0 Å². The van der Waals surface area contributed by atoms with Crippen molar-refractivity contribution in [3.8, 4) is 0 Å². The second-order valence-corrected chi connectivity index (χ2v) is 7.43. The molecule has 1 fully saturated rings. The van der Waals surface area contributed by atoms with Gasteiger partial charge in [-0.3, -0.25) is 0 Å². The number of nitrogens with zero attached hydrogens (tertiary/aromatic N) is 1. The Morgan fingerprint density at radius 3 is 2.55 bits per heavy atom. The maximum Gasteiger partial charge on any atom is 0.410 e. The number of ether oxygens (including phenoxy) is 1. The first kappa shape index (κ1) is 17.1. The van der Waals surface area contributed by atoms with Gasteiger partial charge in [-0.1, -0.05) is 15.9 Å². The molecule has 0 unspecified atom stereocenters. The second kappa shape index (κ2) is 6.86. The van der Waals surface area contributed by atoms with Crippen molar-refractivity contribution >= 4 is 27.7 Å². The number of hydrogen-bond donors (Lipinski definition) is 1. The van der Waals surface area contributed by atoms with E-state index in [2.05, 4.69) is 21.2 Å². The number of nitrogens with one attached hydrogen (secondary N) is 1. The van der Waals surface area contributed by atoms with E-state index in [0.29, 0.717) is 18.8 Å². The highest BCUT2D eigenvalue weighted by atomic mass is 79.9. The molecule has 22 heavy (non-hydrogen) atoms. The lowest BCUT2D eigenvalue weighted by atomic mass is 10.0. The Bertz CT molecular complexity index is 537. The predicted octanol–water partition coefficient (Wildman–Crippen LogP) is 4.40. The summed E-state index contributed by atoms with van der Waals surface area (Å²) in [6.45, 7) is 6.80. The van der Waals surface area contributed by atoms with E-state index in [1.165, 1.54) is 6.07 Å². The van der Waals surface area contributed by atoms with Crippen molar-refractivity contribution in [2.75, 3.05) is 18.4 Å². The molecule has 0 atom stereocenters. The fourth-order valence-electron chi connectivity index (χ4n) is 2.36. The fraction of sp³-hybridized carbons (Fsp3) is 0.562. The Morgan fingerprint density at radius 2 is 2.00 bits per heavy atom. The molecule has 0 radical (unpaired) electrons. The van der Waals surface area contributed by atoms with Gasteiger partial charge in [-0.25, -0.2) is 9.18 Å². The van der Waals surface area contributed by atoms with E-state index < -0.39 is 5.60 Å². The molecule has 1 amide bonds. The Labute approximate surface area is 139 Å². The molecule has 2 rings (SSSR count). The minimum absolute atomic E-state index is 0.161. The smallest absolute Gasteiger partial charge is 0.410 e. The molecular weight excluding hydrogens is 351 g/mol. The van der Waals surface area contributed by atoms with Gasteiger partial charge in [0.05, 0.1) is 5.69 Å². The Hall–Kier alpha value is -1.30. The zero-order valence-corrected chi connectivity index (χ0v) is 14.7. The van der Waals surface area contributed by atoms with E-state index in [1.807, 2.05) is 20.8 Å². The normalized spacial score (nSPS) is 16.5.